The maximum Gasteiger partial charge on any atom is 0.536 e. The van der Waals surface area contributed by atoms with E-state index in [0.717, 1.165) is 0 Å². The molecule has 0 saturated heterocycles. The smallest absolute Gasteiger partial charge is 0.297 e. The molecule has 0 heterocycles. The van der Waals surface area contributed by atoms with Crippen LogP contribution in [0.2, 0.25) is 0 Å². The van der Waals surface area contributed by atoms with Gasteiger partial charge in [-0.3, -0.25) is 9.08 Å². The van der Waals surface area contributed by atoms with Crippen LogP contribution in [0.5, 0.6) is 0 Å². The van der Waals surface area contributed by atoms with Gasteiger partial charge in [-0.1, -0.05) is 5.16 Å². The number of hydrogen-bond acceptors (Lipinski definition) is 5. The number of nitrogens with zero attached hydrogens (tertiary/aromatic N) is 1. The molecule has 0 aromatic carbocycles. The second-order valence-corrected chi connectivity index (χ2v) is 2.89. The molecule has 5 nitrogen and oxygen atoms in total. The largest absolute Gasteiger partial charge is 0.536 e. The van der Waals surface area contributed by atoms with E-state index >= 15 is 0 Å². The van der Waals surface area contributed by atoms with E-state index in [0.29, 0.717) is 0 Å². The third-order valence-electron chi connectivity index (χ3n) is 0.546. The highest BCUT2D eigenvalue weighted by Crippen LogP contribution is 2.24. The zero-order chi connectivity index (χ0) is 9.83. The zero-order valence-corrected chi connectivity index (χ0v) is 6.09. The fourth-order valence-electron chi connectivity index (χ4n) is 0.149. The molecule has 0 radical (unpaired) electrons. The van der Waals surface area contributed by atoms with Crippen LogP contribution in [0.15, 0.2) is 5.16 Å². The molecule has 0 amide bonds. The van der Waals surface area contributed by atoms with Gasteiger partial charge < -0.3 is 0 Å². The van der Waals surface area contributed by atoms with Crippen LogP contribution in [0.1, 0.15) is 0 Å². The van der Waals surface area contributed by atoms with E-state index in [1.807, 2.05) is 0 Å². The Morgan fingerprint density at radius 1 is 1.33 bits per heavy atom. The number of oxime groups is 1. The molecule has 0 aliphatic rings. The van der Waals surface area contributed by atoms with Gasteiger partial charge >= 0.3 is 15.6 Å². The summed E-state index contributed by atoms with van der Waals surface area (Å²) in [5.41, 5.74) is -5.53. The molecule has 0 aliphatic heterocycles. The molecule has 0 aliphatic carbocycles. The van der Waals surface area contributed by atoms with E-state index in [1.54, 1.807) is 0 Å². The molecule has 0 unspecified atom stereocenters. The Balaban J connectivity index is 4.46. The summed E-state index contributed by atoms with van der Waals surface area (Å²) in [5, 5.41) is 2.23. The molecule has 0 saturated carbocycles. The number of halogens is 3. The summed E-state index contributed by atoms with van der Waals surface area (Å²) in [7, 11) is -5.73. The van der Waals surface area contributed by atoms with Crippen molar-refractivity contribution in [2.75, 3.05) is 0 Å². The first kappa shape index (κ1) is 10.9. The normalized spacial score (nSPS) is 13.2. The van der Waals surface area contributed by atoms with Gasteiger partial charge in [-0.15, -0.1) is 0 Å². The molecule has 0 atom stereocenters. The van der Waals surface area contributed by atoms with Gasteiger partial charge in [-0.2, -0.15) is 21.6 Å². The van der Waals surface area contributed by atoms with Crippen molar-refractivity contribution >= 4 is 22.6 Å². The van der Waals surface area contributed by atoms with Crippen LogP contribution in [0, 0.1) is 0 Å². The number of alkyl halides is 3. The minimum absolute atomic E-state index is 0.0358. The molecule has 0 bridgehead atoms. The highest BCUT2D eigenvalue weighted by Gasteiger charge is 2.48. The number of carbonyl (C=O) groups is 1. The molecular formula is C3H2F3NO4S. The Morgan fingerprint density at radius 2 is 1.83 bits per heavy atom. The second-order valence-electron chi connectivity index (χ2n) is 1.36. The SMILES string of the molecule is O=CC=NOS(=O)(=O)C(F)(F)F. The van der Waals surface area contributed by atoms with E-state index in [-0.39, 0.29) is 12.5 Å². The minimum atomic E-state index is -5.73. The lowest BCUT2D eigenvalue weighted by molar-refractivity contribution is -0.102. The minimum Gasteiger partial charge on any atom is -0.297 e. The maximum atomic E-state index is 11.4. The lowest BCUT2D eigenvalue weighted by Gasteiger charge is -2.02. The van der Waals surface area contributed by atoms with E-state index in [1.165, 1.54) is 0 Å². The molecule has 0 N–H and O–H groups in total. The Labute approximate surface area is 64.9 Å². The molecule has 12 heavy (non-hydrogen) atoms. The van der Waals surface area contributed by atoms with Crippen LogP contribution in [-0.4, -0.2) is 26.4 Å². The van der Waals surface area contributed by atoms with Crippen LogP contribution in [0.3, 0.4) is 0 Å². The van der Waals surface area contributed by atoms with Crippen molar-refractivity contribution in [2.45, 2.75) is 5.51 Å². The van der Waals surface area contributed by atoms with Crippen LogP contribution >= 0.6 is 0 Å². The average molecular weight is 205 g/mol. The highest BCUT2D eigenvalue weighted by molar-refractivity contribution is 7.87. The number of rotatable bonds is 3. The second kappa shape index (κ2) is 3.52. The van der Waals surface area contributed by atoms with Crippen LogP contribution in [0.4, 0.5) is 13.2 Å². The van der Waals surface area contributed by atoms with Crippen molar-refractivity contribution in [1.82, 2.24) is 0 Å². The first-order valence-electron chi connectivity index (χ1n) is 2.28. The molecule has 0 rings (SSSR count). The van der Waals surface area contributed by atoms with Crippen LogP contribution in [0.25, 0.3) is 0 Å². The van der Waals surface area contributed by atoms with Crippen LogP contribution < -0.4 is 0 Å². The quantitative estimate of drug-likeness (QED) is 0.282. The van der Waals surface area contributed by atoms with Gasteiger partial charge in [-0.05, 0) is 0 Å². The van der Waals surface area contributed by atoms with Crippen molar-refractivity contribution < 1.29 is 30.7 Å². The molecule has 0 fully saturated rings. The Hall–Kier alpha value is -1.12. The van der Waals surface area contributed by atoms with Gasteiger partial charge in [0.2, 0.25) is 0 Å². The monoisotopic (exact) mass is 205 g/mol. The van der Waals surface area contributed by atoms with Crippen molar-refractivity contribution in [2.24, 2.45) is 5.16 Å². The Morgan fingerprint density at radius 3 is 2.17 bits per heavy atom. The summed E-state index contributed by atoms with van der Waals surface area (Å²) < 4.78 is 57.1. The van der Waals surface area contributed by atoms with E-state index in [9.17, 15) is 26.4 Å². The summed E-state index contributed by atoms with van der Waals surface area (Å²) in [4.78, 5) is 9.44. The lowest BCUT2D eigenvalue weighted by Crippen LogP contribution is -2.23. The van der Waals surface area contributed by atoms with E-state index < -0.39 is 15.6 Å². The fraction of sp³-hybridized carbons (Fsp3) is 0.333. The van der Waals surface area contributed by atoms with Crippen LogP contribution in [-0.2, 0) is 19.2 Å². The number of carbonyl (C=O) groups excluding carboxylic acids is 1. The summed E-state index contributed by atoms with van der Waals surface area (Å²) in [5.74, 6) is 0. The Bertz CT molecular complexity index is 278. The molecule has 70 valence electrons. The number of hydrogen-bond donors (Lipinski definition) is 0. The zero-order valence-electron chi connectivity index (χ0n) is 5.28. The van der Waals surface area contributed by atoms with E-state index in [2.05, 4.69) is 9.44 Å². The molecule has 0 aromatic rings. The lowest BCUT2D eigenvalue weighted by atomic mass is 10.9. The van der Waals surface area contributed by atoms with Gasteiger partial charge in [0, 0.05) is 0 Å². The molecular weight excluding hydrogens is 203 g/mol. The Kier molecular flexibility index (Phi) is 3.19. The standard InChI is InChI=1S/C3H2F3NO4S/c4-3(5,6)12(9,10)11-7-1-2-8/h1-2H. The highest BCUT2D eigenvalue weighted by atomic mass is 32.2. The van der Waals surface area contributed by atoms with Crippen molar-refractivity contribution in [1.29, 1.82) is 0 Å². The molecule has 0 aromatic heterocycles. The fourth-order valence-corrected chi connectivity index (χ4v) is 0.396. The maximum absolute atomic E-state index is 11.4. The molecule has 9 heteroatoms. The summed E-state index contributed by atoms with van der Waals surface area (Å²) in [6.45, 7) is 0. The summed E-state index contributed by atoms with van der Waals surface area (Å²) in [6, 6.07) is 0. The third kappa shape index (κ3) is 2.86. The van der Waals surface area contributed by atoms with Crippen molar-refractivity contribution in [3.8, 4) is 0 Å². The first-order chi connectivity index (χ1) is 5.31. The van der Waals surface area contributed by atoms with Crippen molar-refractivity contribution in [3.05, 3.63) is 0 Å². The van der Waals surface area contributed by atoms with Gasteiger partial charge in [0.25, 0.3) is 0 Å². The number of aldehydes is 1. The summed E-state index contributed by atoms with van der Waals surface area (Å²) >= 11 is 0. The molecule has 0 spiro atoms. The van der Waals surface area contributed by atoms with Gasteiger partial charge in [-0.25, -0.2) is 0 Å². The first-order valence-corrected chi connectivity index (χ1v) is 3.69. The average Bonchev–Trinajstić information content (AvgIpc) is 1.85. The van der Waals surface area contributed by atoms with E-state index in [4.69, 9.17) is 0 Å². The predicted molar refractivity (Wildman–Crippen MR) is 30.6 cm³/mol. The van der Waals surface area contributed by atoms with Gasteiger partial charge in [0.15, 0.2) is 6.29 Å². The van der Waals surface area contributed by atoms with Gasteiger partial charge in [0.1, 0.15) is 6.21 Å². The topological polar surface area (TPSA) is 72.8 Å². The van der Waals surface area contributed by atoms with Gasteiger partial charge in [0.05, 0.1) is 0 Å². The third-order valence-corrected chi connectivity index (χ3v) is 1.40. The summed E-state index contributed by atoms with van der Waals surface area (Å²) in [6.07, 6.45) is 0.190. The van der Waals surface area contributed by atoms with Crippen molar-refractivity contribution in [3.63, 3.8) is 0 Å². The predicted octanol–water partition coefficient (Wildman–Crippen LogP) is 0.0373.